The van der Waals surface area contributed by atoms with E-state index in [1.54, 1.807) is 0 Å². The molecule has 2 aromatic rings. The van der Waals surface area contributed by atoms with Gasteiger partial charge in [0, 0.05) is 37.4 Å². The van der Waals surface area contributed by atoms with Crippen molar-refractivity contribution >= 4 is 11.7 Å². The van der Waals surface area contributed by atoms with Crippen LogP contribution < -0.4 is 10.6 Å². The van der Waals surface area contributed by atoms with Crippen LogP contribution in [-0.4, -0.2) is 49.7 Å². The maximum absolute atomic E-state index is 11.8. The summed E-state index contributed by atoms with van der Waals surface area (Å²) < 4.78 is 4.83. The highest BCUT2D eigenvalue weighted by atomic mass is 16.5. The lowest BCUT2D eigenvalue weighted by Crippen LogP contribution is -2.45. The van der Waals surface area contributed by atoms with Gasteiger partial charge >= 0.3 is 5.97 Å². The zero-order valence-corrected chi connectivity index (χ0v) is 17.6. The summed E-state index contributed by atoms with van der Waals surface area (Å²) in [5.74, 6) is -0.298. The Kier molecular flexibility index (Phi) is 7.67. The summed E-state index contributed by atoms with van der Waals surface area (Å²) in [5, 5.41) is 0. The van der Waals surface area contributed by atoms with E-state index in [9.17, 15) is 4.79 Å². The van der Waals surface area contributed by atoms with Gasteiger partial charge in [0.25, 0.3) is 0 Å². The molecular formula is C24H33N3O2. The number of esters is 1. The van der Waals surface area contributed by atoms with Crippen molar-refractivity contribution in [1.29, 1.82) is 0 Å². The van der Waals surface area contributed by atoms with Gasteiger partial charge in [-0.25, -0.2) is 4.79 Å². The summed E-state index contributed by atoms with van der Waals surface area (Å²) >= 11 is 0. The summed E-state index contributed by atoms with van der Waals surface area (Å²) in [5.41, 5.74) is 8.95. The SMILES string of the molecule is COC(=O)c1ccc(N(Cc2ccccc2)C2CCN(CCC(C)N)CC2)cc1. The van der Waals surface area contributed by atoms with Crippen LogP contribution in [0.1, 0.15) is 42.1 Å². The molecule has 1 fully saturated rings. The molecule has 0 spiro atoms. The molecule has 0 radical (unpaired) electrons. The predicted octanol–water partition coefficient (Wildman–Crippen LogP) is 3.68. The fourth-order valence-electron chi connectivity index (χ4n) is 3.96. The van der Waals surface area contributed by atoms with Crippen molar-refractivity contribution < 1.29 is 9.53 Å². The van der Waals surface area contributed by atoms with Gasteiger partial charge in [0.05, 0.1) is 12.7 Å². The first-order chi connectivity index (χ1) is 14.1. The van der Waals surface area contributed by atoms with E-state index in [2.05, 4.69) is 47.1 Å². The van der Waals surface area contributed by atoms with Gasteiger partial charge in [-0.05, 0) is 62.6 Å². The van der Waals surface area contributed by atoms with E-state index in [1.807, 2.05) is 24.3 Å². The minimum atomic E-state index is -0.298. The molecule has 0 amide bonds. The number of rotatable bonds is 8. The summed E-state index contributed by atoms with van der Waals surface area (Å²) in [6.07, 6.45) is 3.31. The Bertz CT molecular complexity index is 753. The van der Waals surface area contributed by atoms with Crippen LogP contribution >= 0.6 is 0 Å². The van der Waals surface area contributed by atoms with E-state index in [4.69, 9.17) is 10.5 Å². The molecule has 2 aromatic carbocycles. The third-order valence-corrected chi connectivity index (χ3v) is 5.71. The number of benzene rings is 2. The Morgan fingerprint density at radius 3 is 2.38 bits per heavy atom. The van der Waals surface area contributed by atoms with Crippen LogP contribution in [0, 0.1) is 0 Å². The number of piperidine rings is 1. The van der Waals surface area contributed by atoms with Gasteiger partial charge in [0.1, 0.15) is 0 Å². The molecule has 0 bridgehead atoms. The molecule has 0 saturated carbocycles. The summed E-state index contributed by atoms with van der Waals surface area (Å²) in [6.45, 7) is 6.22. The van der Waals surface area contributed by atoms with Gasteiger partial charge in [0.2, 0.25) is 0 Å². The van der Waals surface area contributed by atoms with E-state index in [0.29, 0.717) is 11.6 Å². The highest BCUT2D eigenvalue weighted by Gasteiger charge is 2.25. The molecule has 29 heavy (non-hydrogen) atoms. The molecule has 3 rings (SSSR count). The second-order valence-electron chi connectivity index (χ2n) is 7.99. The monoisotopic (exact) mass is 395 g/mol. The molecule has 2 N–H and O–H groups in total. The lowest BCUT2D eigenvalue weighted by atomic mass is 10.0. The fraction of sp³-hybridized carbons (Fsp3) is 0.458. The number of anilines is 1. The van der Waals surface area contributed by atoms with Crippen molar-refractivity contribution in [2.24, 2.45) is 5.73 Å². The van der Waals surface area contributed by atoms with Crippen LogP contribution in [-0.2, 0) is 11.3 Å². The van der Waals surface area contributed by atoms with Gasteiger partial charge in [-0.2, -0.15) is 0 Å². The number of carbonyl (C=O) groups is 1. The topological polar surface area (TPSA) is 58.8 Å². The quantitative estimate of drug-likeness (QED) is 0.691. The Morgan fingerprint density at radius 2 is 1.79 bits per heavy atom. The number of hydrogen-bond donors (Lipinski definition) is 1. The minimum Gasteiger partial charge on any atom is -0.465 e. The normalized spacial score (nSPS) is 16.4. The Balaban J connectivity index is 1.73. The molecular weight excluding hydrogens is 362 g/mol. The molecule has 1 heterocycles. The zero-order chi connectivity index (χ0) is 20.6. The largest absolute Gasteiger partial charge is 0.465 e. The first kappa shape index (κ1) is 21.3. The summed E-state index contributed by atoms with van der Waals surface area (Å²) in [4.78, 5) is 16.8. The number of methoxy groups -OCH3 is 1. The number of carbonyl (C=O) groups excluding carboxylic acids is 1. The minimum absolute atomic E-state index is 0.260. The molecule has 156 valence electrons. The van der Waals surface area contributed by atoms with Crippen LogP contribution in [0.5, 0.6) is 0 Å². The maximum atomic E-state index is 11.8. The number of likely N-dealkylation sites (tertiary alicyclic amines) is 1. The van der Waals surface area contributed by atoms with Gasteiger partial charge < -0.3 is 20.3 Å². The summed E-state index contributed by atoms with van der Waals surface area (Å²) in [7, 11) is 1.41. The lowest BCUT2D eigenvalue weighted by molar-refractivity contribution is 0.0601. The predicted molar refractivity (Wildman–Crippen MR) is 118 cm³/mol. The van der Waals surface area contributed by atoms with Crippen molar-refractivity contribution in [3.05, 3.63) is 65.7 Å². The molecule has 1 aliphatic rings. The number of nitrogens with zero attached hydrogens (tertiary/aromatic N) is 2. The smallest absolute Gasteiger partial charge is 0.337 e. The molecule has 0 aliphatic carbocycles. The average Bonchev–Trinajstić information content (AvgIpc) is 2.77. The zero-order valence-electron chi connectivity index (χ0n) is 17.6. The molecule has 1 aliphatic heterocycles. The van der Waals surface area contributed by atoms with Crippen LogP contribution in [0.3, 0.4) is 0 Å². The highest BCUT2D eigenvalue weighted by molar-refractivity contribution is 5.89. The van der Waals surface area contributed by atoms with Gasteiger partial charge in [-0.3, -0.25) is 0 Å². The first-order valence-electron chi connectivity index (χ1n) is 10.5. The van der Waals surface area contributed by atoms with E-state index in [-0.39, 0.29) is 12.0 Å². The molecule has 5 heteroatoms. The maximum Gasteiger partial charge on any atom is 0.337 e. The van der Waals surface area contributed by atoms with Crippen molar-refractivity contribution in [3.8, 4) is 0 Å². The standard InChI is InChI=1S/C24H33N3O2/c1-19(25)12-15-26-16-13-23(14-17-26)27(18-20-6-4-3-5-7-20)22-10-8-21(9-11-22)24(28)29-2/h3-11,19,23H,12-18,25H2,1-2H3. The van der Waals surface area contributed by atoms with E-state index in [1.165, 1.54) is 12.7 Å². The van der Waals surface area contributed by atoms with Crippen LogP contribution in [0.25, 0.3) is 0 Å². The van der Waals surface area contributed by atoms with Gasteiger partial charge in [-0.15, -0.1) is 0 Å². The van der Waals surface area contributed by atoms with E-state index in [0.717, 1.165) is 51.1 Å². The second kappa shape index (κ2) is 10.4. The molecule has 5 nitrogen and oxygen atoms in total. The molecule has 1 unspecified atom stereocenters. The lowest BCUT2D eigenvalue weighted by Gasteiger charge is -2.40. The molecule has 1 atom stereocenters. The third kappa shape index (κ3) is 6.05. The molecule has 0 aromatic heterocycles. The van der Waals surface area contributed by atoms with Crippen molar-refractivity contribution in [2.45, 2.75) is 44.8 Å². The first-order valence-corrected chi connectivity index (χ1v) is 10.5. The van der Waals surface area contributed by atoms with Gasteiger partial charge in [-0.1, -0.05) is 30.3 Å². The Hall–Kier alpha value is -2.37. The van der Waals surface area contributed by atoms with Crippen LogP contribution in [0.2, 0.25) is 0 Å². The van der Waals surface area contributed by atoms with Gasteiger partial charge in [0.15, 0.2) is 0 Å². The molecule has 1 saturated heterocycles. The van der Waals surface area contributed by atoms with E-state index >= 15 is 0 Å². The van der Waals surface area contributed by atoms with Crippen molar-refractivity contribution in [3.63, 3.8) is 0 Å². The second-order valence-corrected chi connectivity index (χ2v) is 7.99. The van der Waals surface area contributed by atoms with Crippen LogP contribution in [0.15, 0.2) is 54.6 Å². The summed E-state index contributed by atoms with van der Waals surface area (Å²) in [6, 6.07) is 19.1. The van der Waals surface area contributed by atoms with Crippen molar-refractivity contribution in [1.82, 2.24) is 4.90 Å². The van der Waals surface area contributed by atoms with Crippen LogP contribution in [0.4, 0.5) is 5.69 Å². The number of nitrogens with two attached hydrogens (primary N) is 1. The Labute approximate surface area is 174 Å². The third-order valence-electron chi connectivity index (χ3n) is 5.71. The fourth-order valence-corrected chi connectivity index (χ4v) is 3.96. The van der Waals surface area contributed by atoms with Crippen molar-refractivity contribution in [2.75, 3.05) is 31.6 Å². The number of hydrogen-bond acceptors (Lipinski definition) is 5. The Morgan fingerprint density at radius 1 is 1.14 bits per heavy atom. The average molecular weight is 396 g/mol. The van der Waals surface area contributed by atoms with E-state index < -0.39 is 0 Å². The number of ether oxygens (including phenoxy) is 1. The highest BCUT2D eigenvalue weighted by Crippen LogP contribution is 2.26.